The molecular formula is C26H39N5O6S. The van der Waals surface area contributed by atoms with Gasteiger partial charge in [-0.05, 0) is 57.1 Å². The SMILES string of the molecule is Cc1ccc(S(=O)(=O)N2CCC[C@H](C(=O)N3CCC[C@H]3C(=O)N[C@@H](CC(C)C)C(=O)NCC(N)=O)C2)cc1. The predicted octanol–water partition coefficient (Wildman–Crippen LogP) is 0.519. The molecule has 1 aromatic carbocycles. The van der Waals surface area contributed by atoms with Gasteiger partial charge in [-0.25, -0.2) is 8.42 Å². The largest absolute Gasteiger partial charge is 0.368 e. The summed E-state index contributed by atoms with van der Waals surface area (Å²) in [6, 6.07) is 5.02. The van der Waals surface area contributed by atoms with E-state index in [2.05, 4.69) is 10.6 Å². The molecular weight excluding hydrogens is 510 g/mol. The van der Waals surface area contributed by atoms with Gasteiger partial charge in [0, 0.05) is 19.6 Å². The summed E-state index contributed by atoms with van der Waals surface area (Å²) in [6.45, 7) is 6.15. The first kappa shape index (κ1) is 29.6. The monoisotopic (exact) mass is 549 g/mol. The Morgan fingerprint density at radius 3 is 2.34 bits per heavy atom. The molecule has 0 saturated carbocycles. The van der Waals surface area contributed by atoms with Gasteiger partial charge in [0.05, 0.1) is 17.4 Å². The Morgan fingerprint density at radius 1 is 1.05 bits per heavy atom. The molecule has 2 aliphatic heterocycles. The third kappa shape index (κ3) is 7.31. The van der Waals surface area contributed by atoms with Crippen LogP contribution in [0.25, 0.3) is 0 Å². The number of benzene rings is 1. The standard InChI is InChI=1S/C26H39N5O6S/c1-17(2)14-21(24(33)28-15-23(27)32)29-25(34)22-7-5-13-31(22)26(35)19-6-4-12-30(16-19)38(36,37)20-10-8-18(3)9-11-20/h8-11,17,19,21-22H,4-7,12-16H2,1-3H3,(H2,27,32)(H,28,33)(H,29,34)/t19-,21-,22-/m0/s1. The summed E-state index contributed by atoms with van der Waals surface area (Å²) >= 11 is 0. The Balaban J connectivity index is 1.68. The molecule has 0 radical (unpaired) electrons. The van der Waals surface area contributed by atoms with Gasteiger partial charge in [-0.1, -0.05) is 31.5 Å². The smallest absolute Gasteiger partial charge is 0.243 e. The highest BCUT2D eigenvalue weighted by Gasteiger charge is 2.41. The number of nitrogens with zero attached hydrogens (tertiary/aromatic N) is 2. The van der Waals surface area contributed by atoms with E-state index in [9.17, 15) is 27.6 Å². The quantitative estimate of drug-likeness (QED) is 0.386. The molecule has 0 unspecified atom stereocenters. The van der Waals surface area contributed by atoms with Crippen LogP contribution in [0.1, 0.15) is 51.5 Å². The van der Waals surface area contributed by atoms with Crippen LogP contribution in [0, 0.1) is 18.8 Å². The minimum atomic E-state index is -3.74. The van der Waals surface area contributed by atoms with E-state index in [0.29, 0.717) is 45.2 Å². The number of sulfonamides is 1. The zero-order valence-electron chi connectivity index (χ0n) is 22.3. The molecule has 4 N–H and O–H groups in total. The van der Waals surface area contributed by atoms with E-state index >= 15 is 0 Å². The minimum absolute atomic E-state index is 0.0609. The van der Waals surface area contributed by atoms with E-state index in [4.69, 9.17) is 5.73 Å². The fourth-order valence-electron chi connectivity index (χ4n) is 5.03. The van der Waals surface area contributed by atoms with Crippen LogP contribution in [0.4, 0.5) is 0 Å². The summed E-state index contributed by atoms with van der Waals surface area (Å²) in [5.74, 6) is -2.34. The van der Waals surface area contributed by atoms with E-state index in [1.165, 1.54) is 9.21 Å². The topological polar surface area (TPSA) is 159 Å². The number of rotatable bonds is 10. The Morgan fingerprint density at radius 2 is 1.71 bits per heavy atom. The second-order valence-corrected chi connectivity index (χ2v) is 12.5. The lowest BCUT2D eigenvalue weighted by molar-refractivity contribution is -0.143. The summed E-state index contributed by atoms with van der Waals surface area (Å²) < 4.78 is 27.8. The normalized spacial score (nSPS) is 21.2. The summed E-state index contributed by atoms with van der Waals surface area (Å²) in [6.07, 6.45) is 2.51. The van der Waals surface area contributed by atoms with Gasteiger partial charge in [-0.15, -0.1) is 0 Å². The molecule has 4 amide bonds. The molecule has 0 bridgehead atoms. The maximum Gasteiger partial charge on any atom is 0.243 e. The Labute approximate surface area is 224 Å². The number of carbonyl (C=O) groups excluding carboxylic acids is 4. The highest BCUT2D eigenvalue weighted by Crippen LogP contribution is 2.28. The molecule has 0 aromatic heterocycles. The molecule has 3 atom stereocenters. The number of aryl methyl sites for hydroxylation is 1. The number of hydrogen-bond acceptors (Lipinski definition) is 6. The molecule has 0 aliphatic carbocycles. The van der Waals surface area contributed by atoms with Crippen LogP contribution in [-0.4, -0.2) is 79.5 Å². The van der Waals surface area contributed by atoms with Gasteiger partial charge in [0.2, 0.25) is 33.7 Å². The average Bonchev–Trinajstić information content (AvgIpc) is 3.36. The number of likely N-dealkylation sites (tertiary alicyclic amines) is 1. The molecule has 2 aliphatic rings. The zero-order chi connectivity index (χ0) is 28.0. The molecule has 1 aromatic rings. The molecule has 2 fully saturated rings. The molecule has 2 saturated heterocycles. The van der Waals surface area contributed by atoms with Crippen LogP contribution in [0.2, 0.25) is 0 Å². The van der Waals surface area contributed by atoms with Gasteiger partial charge >= 0.3 is 0 Å². The predicted molar refractivity (Wildman–Crippen MR) is 141 cm³/mol. The van der Waals surface area contributed by atoms with Crippen LogP contribution < -0.4 is 16.4 Å². The molecule has 2 heterocycles. The van der Waals surface area contributed by atoms with Gasteiger partial charge in [0.1, 0.15) is 12.1 Å². The number of piperidine rings is 1. The van der Waals surface area contributed by atoms with Crippen molar-refractivity contribution in [3.63, 3.8) is 0 Å². The van der Waals surface area contributed by atoms with Crippen molar-refractivity contribution < 1.29 is 27.6 Å². The van der Waals surface area contributed by atoms with Crippen molar-refractivity contribution in [2.75, 3.05) is 26.2 Å². The van der Waals surface area contributed by atoms with Crippen molar-refractivity contribution in [2.45, 2.75) is 69.9 Å². The van der Waals surface area contributed by atoms with Crippen molar-refractivity contribution in [1.29, 1.82) is 0 Å². The highest BCUT2D eigenvalue weighted by molar-refractivity contribution is 7.89. The minimum Gasteiger partial charge on any atom is -0.368 e. The summed E-state index contributed by atoms with van der Waals surface area (Å²) in [5, 5.41) is 5.19. The van der Waals surface area contributed by atoms with Crippen molar-refractivity contribution in [3.8, 4) is 0 Å². The van der Waals surface area contributed by atoms with Crippen molar-refractivity contribution in [2.24, 2.45) is 17.6 Å². The lowest BCUT2D eigenvalue weighted by Crippen LogP contribution is -2.55. The van der Waals surface area contributed by atoms with E-state index in [1.54, 1.807) is 24.3 Å². The van der Waals surface area contributed by atoms with E-state index in [0.717, 1.165) is 5.56 Å². The Hall–Kier alpha value is -2.99. The molecule has 11 nitrogen and oxygen atoms in total. The zero-order valence-corrected chi connectivity index (χ0v) is 23.1. The number of nitrogens with one attached hydrogen (secondary N) is 2. The number of primary amides is 1. The maximum atomic E-state index is 13.5. The van der Waals surface area contributed by atoms with Crippen molar-refractivity contribution in [1.82, 2.24) is 19.8 Å². The molecule has 38 heavy (non-hydrogen) atoms. The van der Waals surface area contributed by atoms with Crippen molar-refractivity contribution >= 4 is 33.7 Å². The van der Waals surface area contributed by atoms with Crippen LogP contribution in [0.5, 0.6) is 0 Å². The van der Waals surface area contributed by atoms with E-state index in [1.807, 2.05) is 20.8 Å². The number of hydrogen-bond donors (Lipinski definition) is 3. The summed E-state index contributed by atoms with van der Waals surface area (Å²) in [4.78, 5) is 52.1. The highest BCUT2D eigenvalue weighted by atomic mass is 32.2. The van der Waals surface area contributed by atoms with Crippen LogP contribution >= 0.6 is 0 Å². The molecule has 12 heteroatoms. The number of nitrogens with two attached hydrogens (primary N) is 1. The lowest BCUT2D eigenvalue weighted by Gasteiger charge is -2.35. The van der Waals surface area contributed by atoms with Gasteiger partial charge in [-0.2, -0.15) is 4.31 Å². The van der Waals surface area contributed by atoms with Crippen LogP contribution in [-0.2, 0) is 29.2 Å². The average molecular weight is 550 g/mol. The molecule has 210 valence electrons. The fourth-order valence-corrected chi connectivity index (χ4v) is 6.55. The van der Waals surface area contributed by atoms with E-state index in [-0.39, 0.29) is 29.8 Å². The third-order valence-corrected chi connectivity index (χ3v) is 8.89. The second-order valence-electron chi connectivity index (χ2n) is 10.6. The fraction of sp³-hybridized carbons (Fsp3) is 0.615. The third-order valence-electron chi connectivity index (χ3n) is 7.01. The Bertz CT molecular complexity index is 1140. The van der Waals surface area contributed by atoms with Crippen molar-refractivity contribution in [3.05, 3.63) is 29.8 Å². The first-order chi connectivity index (χ1) is 17.9. The van der Waals surface area contributed by atoms with Gasteiger partial charge < -0.3 is 21.3 Å². The first-order valence-corrected chi connectivity index (χ1v) is 14.6. The van der Waals surface area contributed by atoms with Gasteiger partial charge in [0.25, 0.3) is 0 Å². The maximum absolute atomic E-state index is 13.5. The first-order valence-electron chi connectivity index (χ1n) is 13.1. The number of carbonyl (C=O) groups is 4. The van der Waals surface area contributed by atoms with Gasteiger partial charge in [-0.3, -0.25) is 19.2 Å². The van der Waals surface area contributed by atoms with Gasteiger partial charge in [0.15, 0.2) is 0 Å². The summed E-state index contributed by atoms with van der Waals surface area (Å²) in [7, 11) is -3.74. The lowest BCUT2D eigenvalue weighted by atomic mass is 9.97. The molecule has 0 spiro atoms. The Kier molecular flexibility index (Phi) is 9.88. The summed E-state index contributed by atoms with van der Waals surface area (Å²) in [5.41, 5.74) is 6.07. The van der Waals surface area contributed by atoms with Crippen LogP contribution in [0.3, 0.4) is 0 Å². The number of amides is 4. The molecule has 3 rings (SSSR count). The van der Waals surface area contributed by atoms with Crippen LogP contribution in [0.15, 0.2) is 29.2 Å². The van der Waals surface area contributed by atoms with E-state index < -0.39 is 45.7 Å². The second kappa shape index (κ2) is 12.7.